The van der Waals surface area contributed by atoms with Crippen LogP contribution in [-0.4, -0.2) is 25.4 Å². The maximum Gasteiger partial charge on any atom is 0.433 e. The van der Waals surface area contributed by atoms with Crippen molar-refractivity contribution < 1.29 is 13.2 Å². The van der Waals surface area contributed by atoms with Gasteiger partial charge in [-0.15, -0.1) is 0 Å². The molecule has 0 aliphatic heterocycles. The van der Waals surface area contributed by atoms with E-state index in [0.717, 1.165) is 77.0 Å². The third kappa shape index (κ3) is 2.52. The predicted molar refractivity (Wildman–Crippen MR) is 107 cm³/mol. The number of aromatic amines is 2. The number of H-pyrrole nitrogens is 2. The molecule has 0 atom stereocenters. The zero-order chi connectivity index (χ0) is 20.5. The topological polar surface area (TPSA) is 70.2 Å². The fourth-order valence-corrected chi connectivity index (χ4v) is 5.08. The number of rotatable bonds is 2. The molecule has 6 rings (SSSR count). The second kappa shape index (κ2) is 6.30. The van der Waals surface area contributed by atoms with Crippen LogP contribution in [0.15, 0.2) is 18.5 Å². The number of halogens is 3. The molecule has 154 valence electrons. The Morgan fingerprint density at radius 2 is 1.70 bits per heavy atom. The Kier molecular flexibility index (Phi) is 3.76. The van der Waals surface area contributed by atoms with Crippen molar-refractivity contribution in [1.82, 2.24) is 25.4 Å². The maximum atomic E-state index is 13.6. The first kappa shape index (κ1) is 17.9. The van der Waals surface area contributed by atoms with Gasteiger partial charge in [-0.2, -0.15) is 23.4 Å². The predicted octanol–water partition coefficient (Wildman–Crippen LogP) is 5.67. The standard InChI is InChI=1S/C22H20F3N5/c23-22(24,25)21-16(10-27-30-21)19-13-7-2-1-6-12(13)18-15-9-26-29-17(15)8-14(20(18)28-19)11-4-3-5-11/h8-11H,1-7H2,(H,26,29)(H,27,30). The lowest BCUT2D eigenvalue weighted by molar-refractivity contribution is -0.140. The largest absolute Gasteiger partial charge is 0.433 e. The van der Waals surface area contributed by atoms with Crippen LogP contribution in [-0.2, 0) is 19.0 Å². The summed E-state index contributed by atoms with van der Waals surface area (Å²) >= 11 is 0. The molecule has 0 spiro atoms. The highest BCUT2D eigenvalue weighted by Crippen LogP contribution is 2.46. The van der Waals surface area contributed by atoms with E-state index in [1.54, 1.807) is 0 Å². The minimum atomic E-state index is -4.50. The van der Waals surface area contributed by atoms with Crippen molar-refractivity contribution in [2.75, 3.05) is 0 Å². The zero-order valence-corrected chi connectivity index (χ0v) is 16.2. The molecule has 0 radical (unpaired) electrons. The fourth-order valence-electron chi connectivity index (χ4n) is 5.08. The van der Waals surface area contributed by atoms with Crippen LogP contribution >= 0.6 is 0 Å². The van der Waals surface area contributed by atoms with Gasteiger partial charge in [-0.05, 0) is 67.2 Å². The summed E-state index contributed by atoms with van der Waals surface area (Å²) < 4.78 is 40.9. The first-order valence-corrected chi connectivity index (χ1v) is 10.4. The molecule has 3 aromatic heterocycles. The molecule has 1 fully saturated rings. The quantitative estimate of drug-likeness (QED) is 0.447. The van der Waals surface area contributed by atoms with Gasteiger partial charge in [-0.3, -0.25) is 10.2 Å². The molecule has 0 saturated heterocycles. The average molecular weight is 411 g/mol. The van der Waals surface area contributed by atoms with Gasteiger partial charge < -0.3 is 0 Å². The van der Waals surface area contributed by atoms with Crippen molar-refractivity contribution in [1.29, 1.82) is 0 Å². The number of alkyl halides is 3. The first-order valence-electron chi connectivity index (χ1n) is 10.4. The molecular weight excluding hydrogens is 391 g/mol. The van der Waals surface area contributed by atoms with Crippen molar-refractivity contribution in [2.24, 2.45) is 0 Å². The van der Waals surface area contributed by atoms with Crippen LogP contribution in [0.25, 0.3) is 33.1 Å². The van der Waals surface area contributed by atoms with Gasteiger partial charge in [-0.1, -0.05) is 6.42 Å². The Morgan fingerprint density at radius 1 is 0.933 bits per heavy atom. The van der Waals surface area contributed by atoms with Gasteiger partial charge >= 0.3 is 6.18 Å². The van der Waals surface area contributed by atoms with E-state index in [4.69, 9.17) is 4.98 Å². The zero-order valence-electron chi connectivity index (χ0n) is 16.2. The number of hydrogen-bond acceptors (Lipinski definition) is 3. The SMILES string of the molecule is FC(F)(F)c1[nH]ncc1-c1nc2c(C3CCC3)cc3[nH]ncc3c2c2c1CCCC2. The molecule has 30 heavy (non-hydrogen) atoms. The van der Waals surface area contributed by atoms with Gasteiger partial charge in [-0.25, -0.2) is 4.98 Å². The average Bonchev–Trinajstić information content (AvgIpc) is 3.35. The Balaban J connectivity index is 1.73. The molecule has 0 amide bonds. The number of nitrogens with one attached hydrogen (secondary N) is 2. The molecule has 3 heterocycles. The summed E-state index contributed by atoms with van der Waals surface area (Å²) in [5.74, 6) is 0.397. The molecule has 8 heteroatoms. The highest BCUT2D eigenvalue weighted by molar-refractivity contribution is 6.09. The van der Waals surface area contributed by atoms with Gasteiger partial charge in [0.05, 0.1) is 34.7 Å². The van der Waals surface area contributed by atoms with E-state index < -0.39 is 11.9 Å². The molecule has 2 aliphatic carbocycles. The highest BCUT2D eigenvalue weighted by atomic mass is 19.4. The summed E-state index contributed by atoms with van der Waals surface area (Å²) in [7, 11) is 0. The summed E-state index contributed by atoms with van der Waals surface area (Å²) in [6.45, 7) is 0. The summed E-state index contributed by atoms with van der Waals surface area (Å²) in [6, 6.07) is 2.10. The lowest BCUT2D eigenvalue weighted by Gasteiger charge is -2.29. The second-order valence-corrected chi connectivity index (χ2v) is 8.43. The van der Waals surface area contributed by atoms with Crippen molar-refractivity contribution in [3.05, 3.63) is 40.8 Å². The Bertz CT molecular complexity index is 1280. The maximum absolute atomic E-state index is 13.6. The molecule has 0 bridgehead atoms. The van der Waals surface area contributed by atoms with Crippen molar-refractivity contribution in [3.63, 3.8) is 0 Å². The van der Waals surface area contributed by atoms with E-state index >= 15 is 0 Å². The van der Waals surface area contributed by atoms with Crippen LogP contribution in [0, 0.1) is 0 Å². The van der Waals surface area contributed by atoms with E-state index in [9.17, 15) is 13.2 Å². The molecule has 2 aliphatic rings. The molecular formula is C22H20F3N5. The molecule has 1 aromatic carbocycles. The Labute approximate surface area is 170 Å². The van der Waals surface area contributed by atoms with Gasteiger partial charge in [0.15, 0.2) is 0 Å². The van der Waals surface area contributed by atoms with Crippen LogP contribution in [0.5, 0.6) is 0 Å². The number of fused-ring (bicyclic) bond motifs is 5. The minimum absolute atomic E-state index is 0.0504. The number of aromatic nitrogens is 5. The van der Waals surface area contributed by atoms with Gasteiger partial charge in [0.25, 0.3) is 0 Å². The van der Waals surface area contributed by atoms with Crippen molar-refractivity contribution in [2.45, 2.75) is 57.0 Å². The molecule has 1 saturated carbocycles. The van der Waals surface area contributed by atoms with Gasteiger partial charge in [0.2, 0.25) is 0 Å². The molecule has 4 aromatic rings. The Morgan fingerprint density at radius 3 is 2.43 bits per heavy atom. The third-order valence-electron chi connectivity index (χ3n) is 6.75. The summed E-state index contributed by atoms with van der Waals surface area (Å²) in [5.41, 5.74) is 4.65. The fraction of sp³-hybridized carbons (Fsp3) is 0.409. The summed E-state index contributed by atoms with van der Waals surface area (Å²) in [5, 5.41) is 15.3. The minimum Gasteiger partial charge on any atom is -0.278 e. The Hall–Kier alpha value is -2.90. The van der Waals surface area contributed by atoms with E-state index in [0.29, 0.717) is 11.6 Å². The monoisotopic (exact) mass is 411 g/mol. The highest BCUT2D eigenvalue weighted by Gasteiger charge is 2.38. The van der Waals surface area contributed by atoms with Crippen LogP contribution in [0.2, 0.25) is 0 Å². The number of benzene rings is 1. The molecule has 0 unspecified atom stereocenters. The normalized spacial score (nSPS) is 17.4. The number of nitrogens with zero attached hydrogens (tertiary/aromatic N) is 3. The molecule has 2 N–H and O–H groups in total. The molecule has 5 nitrogen and oxygen atoms in total. The van der Waals surface area contributed by atoms with E-state index in [-0.39, 0.29) is 5.56 Å². The van der Waals surface area contributed by atoms with Gasteiger partial charge in [0, 0.05) is 10.8 Å². The smallest absolute Gasteiger partial charge is 0.278 e. The first-order chi connectivity index (χ1) is 14.5. The van der Waals surface area contributed by atoms with Crippen LogP contribution in [0.3, 0.4) is 0 Å². The number of pyridine rings is 1. The van der Waals surface area contributed by atoms with E-state index in [1.165, 1.54) is 12.6 Å². The van der Waals surface area contributed by atoms with Crippen molar-refractivity contribution >= 4 is 21.8 Å². The lowest BCUT2D eigenvalue weighted by Crippen LogP contribution is -2.14. The summed E-state index contributed by atoms with van der Waals surface area (Å²) in [4.78, 5) is 4.94. The van der Waals surface area contributed by atoms with E-state index in [2.05, 4.69) is 26.5 Å². The lowest BCUT2D eigenvalue weighted by atomic mass is 9.77. The number of hydrogen-bond donors (Lipinski definition) is 2. The number of aryl methyl sites for hydroxylation is 1. The summed E-state index contributed by atoms with van der Waals surface area (Å²) in [6.07, 6.45) is 5.46. The van der Waals surface area contributed by atoms with E-state index in [1.807, 2.05) is 6.20 Å². The van der Waals surface area contributed by atoms with Gasteiger partial charge in [0.1, 0.15) is 5.69 Å². The van der Waals surface area contributed by atoms with Crippen LogP contribution in [0.1, 0.15) is 60.4 Å². The van der Waals surface area contributed by atoms with Crippen LogP contribution in [0.4, 0.5) is 13.2 Å². The second-order valence-electron chi connectivity index (χ2n) is 8.43. The van der Waals surface area contributed by atoms with Crippen molar-refractivity contribution in [3.8, 4) is 11.3 Å². The third-order valence-corrected chi connectivity index (χ3v) is 6.75. The van der Waals surface area contributed by atoms with Crippen LogP contribution < -0.4 is 0 Å².